The van der Waals surface area contributed by atoms with E-state index in [1.165, 1.54) is 0 Å². The third-order valence-corrected chi connectivity index (χ3v) is 13.8. The Hall–Kier alpha value is -4.70. The van der Waals surface area contributed by atoms with E-state index in [2.05, 4.69) is 71.3 Å². The largest absolute Gasteiger partial charge is 0.449 e. The van der Waals surface area contributed by atoms with Crippen molar-refractivity contribution in [1.29, 1.82) is 0 Å². The molecule has 7 rings (SSSR count). The van der Waals surface area contributed by atoms with Gasteiger partial charge in [0.1, 0.15) is 37.1 Å². The van der Waals surface area contributed by atoms with Crippen LogP contribution in [0.4, 0.5) is 4.79 Å². The highest BCUT2D eigenvalue weighted by atomic mass is 32.2. The van der Waals surface area contributed by atoms with Crippen molar-refractivity contribution in [3.63, 3.8) is 0 Å². The van der Waals surface area contributed by atoms with Crippen molar-refractivity contribution < 1.29 is 44.2 Å². The van der Waals surface area contributed by atoms with E-state index in [1.807, 2.05) is 78.9 Å². The maximum absolute atomic E-state index is 14.1. The van der Waals surface area contributed by atoms with Gasteiger partial charge in [-0.2, -0.15) is 11.8 Å². The SMILES string of the molecule is O=C(N[C@@H](CSC(c1ccccc1)(c1ccccc1)c1ccccc1)C(=O)NCCSCCCO[C@H]1O[C@H](CO)[C@@H](O)[C@H](O)[C@@H]1O)OCC1c2ccccc2-c2ccccc21. The molecule has 61 heavy (non-hydrogen) atoms. The second-order valence-electron chi connectivity index (χ2n) is 14.9. The van der Waals surface area contributed by atoms with Crippen LogP contribution in [0.2, 0.25) is 0 Å². The van der Waals surface area contributed by atoms with Crippen molar-refractivity contribution in [1.82, 2.24) is 10.6 Å². The molecule has 0 saturated carbocycles. The van der Waals surface area contributed by atoms with Gasteiger partial charge in [0, 0.05) is 24.0 Å². The van der Waals surface area contributed by atoms with Gasteiger partial charge in [0.05, 0.1) is 18.0 Å². The first-order valence-corrected chi connectivity index (χ1v) is 22.7. The summed E-state index contributed by atoms with van der Waals surface area (Å²) >= 11 is 3.17. The molecule has 320 valence electrons. The van der Waals surface area contributed by atoms with Crippen molar-refractivity contribution in [2.75, 3.05) is 43.6 Å². The van der Waals surface area contributed by atoms with Crippen molar-refractivity contribution in [2.24, 2.45) is 0 Å². The molecule has 0 radical (unpaired) electrons. The van der Waals surface area contributed by atoms with E-state index in [-0.39, 0.29) is 30.8 Å². The van der Waals surface area contributed by atoms with E-state index >= 15 is 0 Å². The molecule has 6 atom stereocenters. The zero-order chi connectivity index (χ0) is 42.6. The molecule has 13 heteroatoms. The van der Waals surface area contributed by atoms with E-state index in [4.69, 9.17) is 14.2 Å². The minimum atomic E-state index is -1.50. The van der Waals surface area contributed by atoms with E-state index in [1.54, 1.807) is 23.5 Å². The summed E-state index contributed by atoms with van der Waals surface area (Å²) in [5.74, 6) is 0.991. The fourth-order valence-corrected chi connectivity index (χ4v) is 10.3. The summed E-state index contributed by atoms with van der Waals surface area (Å²) in [6.45, 7) is 0.129. The van der Waals surface area contributed by atoms with Crippen LogP contribution in [0.1, 0.15) is 40.2 Å². The summed E-state index contributed by atoms with van der Waals surface area (Å²) in [6.07, 6.45) is -6.71. The molecule has 5 aromatic rings. The topological polar surface area (TPSA) is 167 Å². The molecule has 1 aliphatic heterocycles. The average molecular weight is 865 g/mol. The number of hydrogen-bond acceptors (Lipinski definition) is 11. The van der Waals surface area contributed by atoms with Gasteiger partial charge in [-0.3, -0.25) is 4.79 Å². The van der Waals surface area contributed by atoms with Gasteiger partial charge in [-0.05, 0) is 51.1 Å². The summed E-state index contributed by atoms with van der Waals surface area (Å²) in [5.41, 5.74) is 7.53. The number of fused-ring (bicyclic) bond motifs is 3. The summed E-state index contributed by atoms with van der Waals surface area (Å²) in [4.78, 5) is 27.9. The van der Waals surface area contributed by atoms with Crippen molar-refractivity contribution in [2.45, 2.75) is 53.8 Å². The lowest BCUT2D eigenvalue weighted by atomic mass is 9.84. The predicted molar refractivity (Wildman–Crippen MR) is 238 cm³/mol. The van der Waals surface area contributed by atoms with E-state index in [0.717, 1.165) is 38.9 Å². The number of alkyl carbamates (subject to hydrolysis) is 1. The number of ether oxygens (including phenoxy) is 3. The number of aliphatic hydroxyl groups is 4. The number of rotatable bonds is 19. The van der Waals surface area contributed by atoms with Crippen LogP contribution in [0.25, 0.3) is 11.1 Å². The van der Waals surface area contributed by atoms with Crippen LogP contribution in [0.3, 0.4) is 0 Å². The highest BCUT2D eigenvalue weighted by Crippen LogP contribution is 2.49. The first kappa shape index (κ1) is 44.4. The average Bonchev–Trinajstić information content (AvgIpc) is 3.63. The lowest BCUT2D eigenvalue weighted by molar-refractivity contribution is -0.300. The van der Waals surface area contributed by atoms with Gasteiger partial charge in [-0.15, -0.1) is 11.8 Å². The van der Waals surface area contributed by atoms with Crippen molar-refractivity contribution in [3.05, 3.63) is 167 Å². The van der Waals surface area contributed by atoms with Gasteiger partial charge in [-0.25, -0.2) is 4.79 Å². The molecule has 0 bridgehead atoms. The number of thioether (sulfide) groups is 2. The Morgan fingerprint density at radius 3 is 1.80 bits per heavy atom. The lowest BCUT2D eigenvalue weighted by Crippen LogP contribution is -2.59. The number of amides is 2. The smallest absolute Gasteiger partial charge is 0.407 e. The van der Waals surface area contributed by atoms with Gasteiger partial charge in [0.25, 0.3) is 0 Å². The molecule has 1 fully saturated rings. The van der Waals surface area contributed by atoms with Crippen molar-refractivity contribution >= 4 is 35.5 Å². The van der Waals surface area contributed by atoms with E-state index < -0.39 is 54.2 Å². The Kier molecular flexibility index (Phi) is 15.6. The number of hydrogen-bond donors (Lipinski definition) is 6. The molecule has 0 aromatic heterocycles. The van der Waals surface area contributed by atoms with Crippen LogP contribution >= 0.6 is 23.5 Å². The fraction of sp³-hybridized carbons (Fsp3) is 0.333. The number of aliphatic hydroxyl groups excluding tert-OH is 4. The Balaban J connectivity index is 1.02. The zero-order valence-corrected chi connectivity index (χ0v) is 35.3. The van der Waals surface area contributed by atoms with E-state index in [9.17, 15) is 30.0 Å². The Labute approximate surface area is 364 Å². The molecular weight excluding hydrogens is 813 g/mol. The third-order valence-electron chi connectivity index (χ3n) is 11.1. The second-order valence-corrected chi connectivity index (χ2v) is 17.4. The van der Waals surface area contributed by atoms with Gasteiger partial charge in [0.15, 0.2) is 6.29 Å². The van der Waals surface area contributed by atoms with E-state index in [0.29, 0.717) is 24.5 Å². The molecule has 2 amide bonds. The molecule has 1 heterocycles. The number of carbonyl (C=O) groups excluding carboxylic acids is 2. The summed E-state index contributed by atoms with van der Waals surface area (Å²) < 4.78 is 16.2. The molecular formula is C48H52N2O9S2. The zero-order valence-electron chi connectivity index (χ0n) is 33.6. The molecule has 1 aliphatic carbocycles. The standard InChI is InChI=1S/C48H52N2O9S2/c51-29-41-42(52)43(53)44(54)46(59-41)57-26-14-27-60-28-25-49-45(55)40(50-47(56)58-30-39-37-23-12-10-21-35(37)36-22-11-13-24-38(36)39)31-61-48(32-15-4-1-5-16-32,33-17-6-2-7-18-33)34-19-8-3-9-20-34/h1-13,15-24,39-44,46,51-54H,14,25-31H2,(H,49,55)(H,50,56)/t40-,41+,42+,43-,44-,46-/m0/s1. The normalized spacial score (nSPS) is 20.3. The highest BCUT2D eigenvalue weighted by Gasteiger charge is 2.44. The highest BCUT2D eigenvalue weighted by molar-refractivity contribution is 8.00. The van der Waals surface area contributed by atoms with Crippen LogP contribution in [-0.4, -0.2) is 113 Å². The maximum atomic E-state index is 14.1. The van der Waals surface area contributed by atoms with Crippen LogP contribution < -0.4 is 10.6 Å². The fourth-order valence-electron chi connectivity index (χ4n) is 7.98. The van der Waals surface area contributed by atoms with Crippen LogP contribution in [0, 0.1) is 0 Å². The van der Waals surface area contributed by atoms with Crippen LogP contribution in [0.5, 0.6) is 0 Å². The molecule has 1 saturated heterocycles. The second kappa shape index (κ2) is 21.4. The van der Waals surface area contributed by atoms with Crippen LogP contribution in [0.15, 0.2) is 140 Å². The minimum Gasteiger partial charge on any atom is -0.449 e. The Bertz CT molecular complexity index is 2020. The molecule has 2 aliphatic rings. The van der Waals surface area contributed by atoms with Gasteiger partial charge in [-0.1, -0.05) is 140 Å². The lowest BCUT2D eigenvalue weighted by Gasteiger charge is -2.39. The van der Waals surface area contributed by atoms with Gasteiger partial charge < -0.3 is 45.3 Å². The molecule has 11 nitrogen and oxygen atoms in total. The predicted octanol–water partition coefficient (Wildman–Crippen LogP) is 5.68. The molecule has 0 unspecified atom stereocenters. The Morgan fingerprint density at radius 2 is 1.25 bits per heavy atom. The number of benzene rings is 5. The maximum Gasteiger partial charge on any atom is 0.407 e. The third kappa shape index (κ3) is 10.3. The summed E-state index contributed by atoms with van der Waals surface area (Å²) in [7, 11) is 0. The number of carbonyl (C=O) groups is 2. The Morgan fingerprint density at radius 1 is 0.705 bits per heavy atom. The quantitative estimate of drug-likeness (QED) is 0.0447. The van der Waals surface area contributed by atoms with Gasteiger partial charge in [0.2, 0.25) is 5.91 Å². The van der Waals surface area contributed by atoms with Gasteiger partial charge >= 0.3 is 6.09 Å². The summed E-state index contributed by atoms with van der Waals surface area (Å²) in [5, 5.41) is 45.7. The molecule has 6 N–H and O–H groups in total. The molecule has 5 aromatic carbocycles. The summed E-state index contributed by atoms with van der Waals surface area (Å²) in [6, 6.07) is 45.9. The van der Waals surface area contributed by atoms with Crippen molar-refractivity contribution in [3.8, 4) is 11.1 Å². The van der Waals surface area contributed by atoms with Crippen LogP contribution in [-0.2, 0) is 23.8 Å². The molecule has 0 spiro atoms. The first-order chi connectivity index (χ1) is 29.8. The number of nitrogens with one attached hydrogen (secondary N) is 2. The minimum absolute atomic E-state index is 0.111. The first-order valence-electron chi connectivity index (χ1n) is 20.5. The monoisotopic (exact) mass is 864 g/mol.